The molecule has 0 aliphatic heterocycles. The van der Waals surface area contributed by atoms with E-state index in [1.165, 1.54) is 24.8 Å². The van der Waals surface area contributed by atoms with Crippen molar-refractivity contribution >= 4 is 6.08 Å². The van der Waals surface area contributed by atoms with Crippen molar-refractivity contribution in [3.05, 3.63) is 42.0 Å². The molecule has 2 rings (SSSR count). The number of hydrogen-bond acceptors (Lipinski definition) is 0. The minimum atomic E-state index is 0.815. The summed E-state index contributed by atoms with van der Waals surface area (Å²) in [5.74, 6) is 1.70. The maximum atomic E-state index is 2.40. The van der Waals surface area contributed by atoms with Crippen molar-refractivity contribution in [2.24, 2.45) is 11.8 Å². The molecule has 0 radical (unpaired) electrons. The minimum absolute atomic E-state index is 0.815. The van der Waals surface area contributed by atoms with E-state index in [0.29, 0.717) is 0 Å². The van der Waals surface area contributed by atoms with E-state index in [4.69, 9.17) is 0 Å². The van der Waals surface area contributed by atoms with Gasteiger partial charge in [0.1, 0.15) is 0 Å². The van der Waals surface area contributed by atoms with Gasteiger partial charge in [-0.25, -0.2) is 0 Å². The van der Waals surface area contributed by atoms with Gasteiger partial charge in [-0.3, -0.25) is 0 Å². The van der Waals surface area contributed by atoms with Gasteiger partial charge in [0.15, 0.2) is 0 Å². The summed E-state index contributed by atoms with van der Waals surface area (Å²) < 4.78 is 0. The summed E-state index contributed by atoms with van der Waals surface area (Å²) in [6, 6.07) is 10.6. The second kappa shape index (κ2) is 4.45. The van der Waals surface area contributed by atoms with Crippen LogP contribution < -0.4 is 0 Å². The average molecular weight is 186 g/mol. The third-order valence-corrected chi connectivity index (χ3v) is 3.26. The quantitative estimate of drug-likeness (QED) is 0.651. The van der Waals surface area contributed by atoms with Gasteiger partial charge in [0.25, 0.3) is 0 Å². The lowest BCUT2D eigenvalue weighted by atomic mass is 9.97. The summed E-state index contributed by atoms with van der Waals surface area (Å²) in [4.78, 5) is 0. The number of rotatable bonds is 2. The predicted octanol–water partition coefficient (Wildman–Crippen LogP) is 4.14. The second-order valence-electron chi connectivity index (χ2n) is 4.34. The van der Waals surface area contributed by atoms with Crippen LogP contribution in [0.2, 0.25) is 0 Å². The molecule has 74 valence electrons. The van der Waals surface area contributed by atoms with Gasteiger partial charge in [0.05, 0.1) is 0 Å². The van der Waals surface area contributed by atoms with E-state index in [1.54, 1.807) is 0 Å². The Labute approximate surface area is 86.7 Å². The summed E-state index contributed by atoms with van der Waals surface area (Å²) in [6.45, 7) is 2.37. The molecule has 0 amide bonds. The topological polar surface area (TPSA) is 0 Å². The molecule has 1 saturated carbocycles. The molecule has 0 heterocycles. The molecule has 0 heteroatoms. The second-order valence-corrected chi connectivity index (χ2v) is 4.34. The Morgan fingerprint density at radius 2 is 1.93 bits per heavy atom. The largest absolute Gasteiger partial charge is 0.0806 e. The Morgan fingerprint density at radius 1 is 1.14 bits per heavy atom. The highest BCUT2D eigenvalue weighted by Gasteiger charge is 2.20. The number of benzene rings is 1. The number of hydrogen-bond donors (Lipinski definition) is 0. The Balaban J connectivity index is 2.00. The summed E-state index contributed by atoms with van der Waals surface area (Å²) >= 11 is 0. The highest BCUT2D eigenvalue weighted by Crippen LogP contribution is 2.32. The highest BCUT2D eigenvalue weighted by molar-refractivity contribution is 5.49. The monoisotopic (exact) mass is 186 g/mol. The van der Waals surface area contributed by atoms with Gasteiger partial charge in [0, 0.05) is 0 Å². The van der Waals surface area contributed by atoms with Gasteiger partial charge in [-0.05, 0) is 23.8 Å². The Kier molecular flexibility index (Phi) is 3.03. The third-order valence-electron chi connectivity index (χ3n) is 3.26. The molecule has 1 aliphatic carbocycles. The molecule has 0 aromatic heterocycles. The minimum Gasteiger partial charge on any atom is -0.0806 e. The van der Waals surface area contributed by atoms with Crippen LogP contribution in [0.3, 0.4) is 0 Å². The van der Waals surface area contributed by atoms with Crippen molar-refractivity contribution in [1.82, 2.24) is 0 Å². The van der Waals surface area contributed by atoms with Gasteiger partial charge in [-0.1, -0.05) is 62.2 Å². The summed E-state index contributed by atoms with van der Waals surface area (Å²) in [5.41, 5.74) is 1.33. The molecule has 0 bridgehead atoms. The van der Waals surface area contributed by atoms with Crippen LogP contribution in [0.4, 0.5) is 0 Å². The zero-order chi connectivity index (χ0) is 9.80. The van der Waals surface area contributed by atoms with Crippen LogP contribution in [0.5, 0.6) is 0 Å². The van der Waals surface area contributed by atoms with Gasteiger partial charge >= 0.3 is 0 Å². The van der Waals surface area contributed by atoms with Crippen LogP contribution in [-0.4, -0.2) is 0 Å². The van der Waals surface area contributed by atoms with E-state index in [9.17, 15) is 0 Å². The maximum Gasteiger partial charge on any atom is -0.0204 e. The van der Waals surface area contributed by atoms with Gasteiger partial charge < -0.3 is 0 Å². The van der Waals surface area contributed by atoms with E-state index in [0.717, 1.165) is 11.8 Å². The fourth-order valence-electron chi connectivity index (χ4n) is 2.26. The smallest absolute Gasteiger partial charge is 0.0204 e. The Hall–Kier alpha value is -1.04. The van der Waals surface area contributed by atoms with Crippen LogP contribution in [0.15, 0.2) is 36.4 Å². The molecule has 14 heavy (non-hydrogen) atoms. The molecule has 0 unspecified atom stereocenters. The van der Waals surface area contributed by atoms with Crippen LogP contribution >= 0.6 is 0 Å². The molecule has 0 nitrogen and oxygen atoms in total. The first-order valence-electron chi connectivity index (χ1n) is 5.59. The lowest BCUT2D eigenvalue weighted by Crippen LogP contribution is -1.98. The normalized spacial score (nSPS) is 27.2. The lowest BCUT2D eigenvalue weighted by molar-refractivity contribution is 0.505. The van der Waals surface area contributed by atoms with E-state index in [2.05, 4.69) is 49.4 Å². The zero-order valence-corrected chi connectivity index (χ0v) is 8.82. The van der Waals surface area contributed by atoms with Crippen LogP contribution in [-0.2, 0) is 0 Å². The highest BCUT2D eigenvalue weighted by atomic mass is 14.2. The molecule has 0 spiro atoms. The van der Waals surface area contributed by atoms with E-state index in [1.807, 2.05) is 0 Å². The molecule has 1 aromatic carbocycles. The van der Waals surface area contributed by atoms with Gasteiger partial charge in [0.2, 0.25) is 0 Å². The Bertz CT molecular complexity index is 297. The first-order valence-corrected chi connectivity index (χ1v) is 5.59. The van der Waals surface area contributed by atoms with Crippen molar-refractivity contribution in [3.63, 3.8) is 0 Å². The summed E-state index contributed by atoms with van der Waals surface area (Å²) in [5, 5.41) is 0. The molecule has 0 N–H and O–H groups in total. The Morgan fingerprint density at radius 3 is 2.57 bits per heavy atom. The van der Waals surface area contributed by atoms with E-state index < -0.39 is 0 Å². The zero-order valence-electron chi connectivity index (χ0n) is 8.82. The van der Waals surface area contributed by atoms with Crippen molar-refractivity contribution in [3.8, 4) is 0 Å². The fourth-order valence-corrected chi connectivity index (χ4v) is 2.26. The molecule has 2 atom stereocenters. The van der Waals surface area contributed by atoms with Crippen LogP contribution in [0, 0.1) is 11.8 Å². The molecule has 0 saturated heterocycles. The lowest BCUT2D eigenvalue weighted by Gasteiger charge is -2.08. The van der Waals surface area contributed by atoms with Gasteiger partial charge in [-0.2, -0.15) is 0 Å². The van der Waals surface area contributed by atoms with E-state index >= 15 is 0 Å². The maximum absolute atomic E-state index is 2.40. The molecule has 1 fully saturated rings. The third kappa shape index (κ3) is 2.25. The van der Waals surface area contributed by atoms with E-state index in [-0.39, 0.29) is 0 Å². The standard InChI is InChI=1S/C14H18/c1-12-6-5-9-14(12)11-10-13-7-3-2-4-8-13/h2-4,7-8,10-12,14H,5-6,9H2,1H3/b11-10+/t12-,14+/m1/s1. The van der Waals surface area contributed by atoms with Gasteiger partial charge in [-0.15, -0.1) is 0 Å². The molecule has 1 aromatic rings. The SMILES string of the molecule is C[C@@H]1CCC[C@H]1/C=C/c1ccccc1. The summed E-state index contributed by atoms with van der Waals surface area (Å²) in [7, 11) is 0. The molecular weight excluding hydrogens is 168 g/mol. The van der Waals surface area contributed by atoms with Crippen molar-refractivity contribution in [2.45, 2.75) is 26.2 Å². The average Bonchev–Trinajstić information content (AvgIpc) is 2.63. The van der Waals surface area contributed by atoms with Crippen molar-refractivity contribution in [1.29, 1.82) is 0 Å². The molecular formula is C14H18. The fraction of sp³-hybridized carbons (Fsp3) is 0.429. The van der Waals surface area contributed by atoms with Crippen molar-refractivity contribution in [2.75, 3.05) is 0 Å². The number of allylic oxidation sites excluding steroid dienone is 1. The van der Waals surface area contributed by atoms with Crippen LogP contribution in [0.1, 0.15) is 31.7 Å². The van der Waals surface area contributed by atoms with Crippen LogP contribution in [0.25, 0.3) is 6.08 Å². The first-order chi connectivity index (χ1) is 6.86. The van der Waals surface area contributed by atoms with Crippen molar-refractivity contribution < 1.29 is 0 Å². The molecule has 1 aliphatic rings. The predicted molar refractivity (Wildman–Crippen MR) is 62.0 cm³/mol. The summed E-state index contributed by atoms with van der Waals surface area (Å²) in [6.07, 6.45) is 8.86. The first kappa shape index (κ1) is 9.51.